The lowest BCUT2D eigenvalue weighted by Crippen LogP contribution is -2.22. The number of nitrogens with zero attached hydrogens (tertiary/aromatic N) is 4. The van der Waals surface area contributed by atoms with Gasteiger partial charge in [-0.3, -0.25) is 9.78 Å². The highest BCUT2D eigenvalue weighted by molar-refractivity contribution is 7.98. The SMILES string of the molecule is CN(C)c1cc(Cl)nc(SCc2cccc(C(=O)NCc3cccnc3)c2)n1. The maximum absolute atomic E-state index is 12.4. The largest absolute Gasteiger partial charge is 0.363 e. The van der Waals surface area contributed by atoms with Gasteiger partial charge in [-0.25, -0.2) is 9.97 Å². The highest BCUT2D eigenvalue weighted by Gasteiger charge is 2.09. The van der Waals surface area contributed by atoms with Crippen molar-refractivity contribution in [1.82, 2.24) is 20.3 Å². The van der Waals surface area contributed by atoms with Crippen molar-refractivity contribution in [3.8, 4) is 0 Å². The standard InChI is InChI=1S/C20H20ClN5OS/c1-26(2)18-10-17(21)24-20(25-18)28-13-14-5-3-7-16(9-14)19(27)23-12-15-6-4-8-22-11-15/h3-11H,12-13H2,1-2H3,(H,23,27). The summed E-state index contributed by atoms with van der Waals surface area (Å²) in [4.78, 5) is 27.1. The predicted molar refractivity (Wildman–Crippen MR) is 113 cm³/mol. The highest BCUT2D eigenvalue weighted by atomic mass is 35.5. The van der Waals surface area contributed by atoms with Gasteiger partial charge in [0, 0.05) is 50.4 Å². The van der Waals surface area contributed by atoms with Crippen LogP contribution in [-0.4, -0.2) is 35.0 Å². The number of pyridine rings is 1. The lowest BCUT2D eigenvalue weighted by molar-refractivity contribution is 0.0951. The Morgan fingerprint density at radius 1 is 1.14 bits per heavy atom. The number of nitrogens with one attached hydrogen (secondary N) is 1. The summed E-state index contributed by atoms with van der Waals surface area (Å²) in [6, 6.07) is 13.0. The number of amides is 1. The summed E-state index contributed by atoms with van der Waals surface area (Å²) in [5.41, 5.74) is 2.58. The molecule has 1 amide bonds. The van der Waals surface area contributed by atoms with E-state index in [0.29, 0.717) is 28.2 Å². The molecule has 0 bridgehead atoms. The van der Waals surface area contributed by atoms with Crippen molar-refractivity contribution in [3.63, 3.8) is 0 Å². The van der Waals surface area contributed by atoms with E-state index in [1.54, 1.807) is 24.5 Å². The molecule has 0 atom stereocenters. The quantitative estimate of drug-likeness (QED) is 0.361. The van der Waals surface area contributed by atoms with Gasteiger partial charge >= 0.3 is 0 Å². The third kappa shape index (κ3) is 5.68. The van der Waals surface area contributed by atoms with Crippen molar-refractivity contribution < 1.29 is 4.79 Å². The van der Waals surface area contributed by atoms with E-state index >= 15 is 0 Å². The first-order chi connectivity index (χ1) is 13.5. The minimum atomic E-state index is -0.121. The maximum Gasteiger partial charge on any atom is 0.251 e. The van der Waals surface area contributed by atoms with Crippen LogP contribution in [0.3, 0.4) is 0 Å². The average Bonchev–Trinajstić information content (AvgIpc) is 2.71. The molecule has 0 unspecified atom stereocenters. The van der Waals surface area contributed by atoms with Crippen LogP contribution in [-0.2, 0) is 12.3 Å². The maximum atomic E-state index is 12.4. The summed E-state index contributed by atoms with van der Waals surface area (Å²) < 4.78 is 0. The van der Waals surface area contributed by atoms with Crippen molar-refractivity contribution >= 4 is 35.1 Å². The van der Waals surface area contributed by atoms with Crippen molar-refractivity contribution in [2.24, 2.45) is 0 Å². The van der Waals surface area contributed by atoms with Crippen LogP contribution in [0.5, 0.6) is 0 Å². The second kappa shape index (κ2) is 9.52. The molecule has 0 aliphatic rings. The molecule has 6 nitrogen and oxygen atoms in total. The van der Waals surface area contributed by atoms with Gasteiger partial charge in [0.05, 0.1) is 0 Å². The Balaban J connectivity index is 1.62. The minimum absolute atomic E-state index is 0.121. The average molecular weight is 414 g/mol. The van der Waals surface area contributed by atoms with Gasteiger partial charge < -0.3 is 10.2 Å². The summed E-state index contributed by atoms with van der Waals surface area (Å²) in [7, 11) is 3.81. The van der Waals surface area contributed by atoms with Crippen LogP contribution < -0.4 is 10.2 Å². The summed E-state index contributed by atoms with van der Waals surface area (Å²) in [5, 5.41) is 3.92. The van der Waals surface area contributed by atoms with Crippen LogP contribution in [0.15, 0.2) is 60.0 Å². The first kappa shape index (κ1) is 20.1. The van der Waals surface area contributed by atoms with E-state index in [9.17, 15) is 4.79 Å². The lowest BCUT2D eigenvalue weighted by atomic mass is 10.1. The summed E-state index contributed by atoms with van der Waals surface area (Å²) in [6.07, 6.45) is 3.44. The third-order valence-corrected chi connectivity index (χ3v) is 4.96. The Labute approximate surface area is 173 Å². The Hall–Kier alpha value is -2.64. The normalized spacial score (nSPS) is 10.5. The molecular weight excluding hydrogens is 394 g/mol. The van der Waals surface area contributed by atoms with E-state index < -0.39 is 0 Å². The number of aromatic nitrogens is 3. The molecule has 0 saturated carbocycles. The Morgan fingerprint density at radius 2 is 1.96 bits per heavy atom. The number of anilines is 1. The van der Waals surface area contributed by atoms with Gasteiger partial charge in [0.1, 0.15) is 11.0 Å². The van der Waals surface area contributed by atoms with Crippen LogP contribution in [0, 0.1) is 0 Å². The fourth-order valence-corrected chi connectivity index (χ4v) is 3.44. The molecule has 28 heavy (non-hydrogen) atoms. The van der Waals surface area contributed by atoms with E-state index in [1.807, 2.05) is 49.3 Å². The van der Waals surface area contributed by atoms with E-state index in [4.69, 9.17) is 11.6 Å². The number of hydrogen-bond donors (Lipinski definition) is 1. The molecule has 2 heterocycles. The second-order valence-corrected chi connectivity index (χ2v) is 7.59. The van der Waals surface area contributed by atoms with E-state index in [2.05, 4.69) is 20.3 Å². The van der Waals surface area contributed by atoms with Crippen molar-refractivity contribution in [2.45, 2.75) is 17.5 Å². The monoisotopic (exact) mass is 413 g/mol. The molecule has 0 radical (unpaired) electrons. The number of thioether (sulfide) groups is 1. The van der Waals surface area contributed by atoms with Crippen LogP contribution in [0.2, 0.25) is 5.15 Å². The highest BCUT2D eigenvalue weighted by Crippen LogP contribution is 2.24. The minimum Gasteiger partial charge on any atom is -0.363 e. The summed E-state index contributed by atoms with van der Waals surface area (Å²) in [5.74, 6) is 1.27. The van der Waals surface area contributed by atoms with Gasteiger partial charge in [0.25, 0.3) is 5.91 Å². The first-order valence-electron chi connectivity index (χ1n) is 8.62. The number of carbonyl (C=O) groups excluding carboxylic acids is 1. The number of halogens is 1. The van der Waals surface area contributed by atoms with Gasteiger partial charge in [-0.2, -0.15) is 0 Å². The molecule has 3 rings (SSSR count). The number of carbonyl (C=O) groups is 1. The predicted octanol–water partition coefficient (Wildman–Crippen LogP) is 3.81. The molecule has 0 spiro atoms. The fourth-order valence-electron chi connectivity index (χ4n) is 2.42. The molecule has 3 aromatic rings. The molecular formula is C20H20ClN5OS. The number of hydrogen-bond acceptors (Lipinski definition) is 6. The molecule has 0 saturated heterocycles. The second-order valence-electron chi connectivity index (χ2n) is 6.26. The van der Waals surface area contributed by atoms with Crippen molar-refractivity contribution in [2.75, 3.05) is 19.0 Å². The Kier molecular flexibility index (Phi) is 6.84. The van der Waals surface area contributed by atoms with E-state index in [1.165, 1.54) is 11.8 Å². The van der Waals surface area contributed by atoms with Gasteiger partial charge in [0.2, 0.25) is 0 Å². The molecule has 0 aliphatic heterocycles. The van der Waals surface area contributed by atoms with E-state index in [-0.39, 0.29) is 5.91 Å². The third-order valence-electron chi connectivity index (χ3n) is 3.85. The molecule has 0 aliphatic carbocycles. The van der Waals surface area contributed by atoms with Gasteiger partial charge in [-0.05, 0) is 29.3 Å². The zero-order chi connectivity index (χ0) is 19.9. The zero-order valence-electron chi connectivity index (χ0n) is 15.6. The topological polar surface area (TPSA) is 71.0 Å². The molecule has 144 valence electrons. The fraction of sp³-hybridized carbons (Fsp3) is 0.200. The molecule has 0 fully saturated rings. The number of rotatable bonds is 7. The summed E-state index contributed by atoms with van der Waals surface area (Å²) >= 11 is 7.56. The molecule has 1 N–H and O–H groups in total. The van der Waals surface area contributed by atoms with Gasteiger partial charge in [0.15, 0.2) is 5.16 Å². The van der Waals surface area contributed by atoms with Gasteiger partial charge in [-0.15, -0.1) is 0 Å². The zero-order valence-corrected chi connectivity index (χ0v) is 17.2. The van der Waals surface area contributed by atoms with E-state index in [0.717, 1.165) is 16.9 Å². The van der Waals surface area contributed by atoms with Crippen molar-refractivity contribution in [1.29, 1.82) is 0 Å². The van der Waals surface area contributed by atoms with Crippen molar-refractivity contribution in [3.05, 3.63) is 76.7 Å². The summed E-state index contributed by atoms with van der Waals surface area (Å²) in [6.45, 7) is 0.440. The lowest BCUT2D eigenvalue weighted by Gasteiger charge is -2.12. The number of benzene rings is 1. The Morgan fingerprint density at radius 3 is 2.71 bits per heavy atom. The Bertz CT molecular complexity index is 952. The van der Waals surface area contributed by atoms with Gasteiger partial charge in [-0.1, -0.05) is 41.6 Å². The molecule has 8 heteroatoms. The molecule has 2 aromatic heterocycles. The first-order valence-corrected chi connectivity index (χ1v) is 9.98. The van der Waals surface area contributed by atoms with Crippen LogP contribution in [0.4, 0.5) is 5.82 Å². The smallest absolute Gasteiger partial charge is 0.251 e. The molecule has 1 aromatic carbocycles. The van der Waals surface area contributed by atoms with Crippen LogP contribution in [0.25, 0.3) is 0 Å². The van der Waals surface area contributed by atoms with Crippen LogP contribution >= 0.6 is 23.4 Å². The van der Waals surface area contributed by atoms with Crippen LogP contribution in [0.1, 0.15) is 21.5 Å².